The number of amides is 2. The standard InChI is InChI=1S/C35H28N6O15S4.4C5H13NO2/c1-17-11-23(57(45,46)47)5-9-27(17)38-40-31-29(59(51,52)53)15-19-13-21(3-7-25(19)33(31)42)36-35(44)37-22-4-8-26-20(14-22)16-30(60(54,55)56)32(34(26)43)41-39-28-10-6-24(12-18(28)2)58(48,49)50;4*1-6(2-4-7)3-5-8/h3-16,38-39H,1-2H3,(H2,36,37,44)(H,45,46,47)(H,48,49,50)(H,51,52,53)(H,54,55,56);4*7-8H,2-5H2,1H3/b40-31-,41-32-;;;;. The highest BCUT2D eigenvalue weighted by Gasteiger charge is 2.35. The fourth-order valence-corrected chi connectivity index (χ4v) is 10.1. The number of likely N-dealkylation sites (N-methyl/N-ethyl adjacent to an activating group) is 4. The number of anilines is 4. The lowest BCUT2D eigenvalue weighted by molar-refractivity contribution is 0.105. The predicted molar refractivity (Wildman–Crippen MR) is 344 cm³/mol. The summed E-state index contributed by atoms with van der Waals surface area (Å²) in [6, 6.07) is 13.2. The van der Waals surface area contributed by atoms with Gasteiger partial charge in [0.25, 0.3) is 40.5 Å². The Labute approximate surface area is 533 Å². The maximum absolute atomic E-state index is 13.4. The number of carbonyl (C=O) groups excluding carboxylic acids is 3. The van der Waals surface area contributed by atoms with Crippen LogP contribution in [-0.2, 0) is 40.5 Å². The molecule has 0 aromatic heterocycles. The molecule has 4 aromatic rings. The number of urea groups is 1. The first-order valence-corrected chi connectivity index (χ1v) is 33.1. The summed E-state index contributed by atoms with van der Waals surface area (Å²) in [4.78, 5) is 44.7. The van der Waals surface area contributed by atoms with Gasteiger partial charge in [-0.05, 0) is 149 Å². The molecule has 16 N–H and O–H groups in total. The van der Waals surface area contributed by atoms with Crippen molar-refractivity contribution in [2.45, 2.75) is 23.6 Å². The van der Waals surface area contributed by atoms with Gasteiger partial charge in [0.05, 0.1) is 74.0 Å². The van der Waals surface area contributed by atoms with Crippen LogP contribution in [0.2, 0.25) is 0 Å². The number of benzene rings is 4. The van der Waals surface area contributed by atoms with Crippen molar-refractivity contribution in [1.82, 2.24) is 19.6 Å². The first-order chi connectivity index (χ1) is 43.0. The van der Waals surface area contributed by atoms with Gasteiger partial charge in [-0.3, -0.25) is 38.7 Å². The molecule has 0 spiro atoms. The molecule has 4 aromatic carbocycles. The topological polar surface area (TPSA) is 516 Å². The highest BCUT2D eigenvalue weighted by molar-refractivity contribution is 7.91. The van der Waals surface area contributed by atoms with Gasteiger partial charge in [0.1, 0.15) is 9.81 Å². The third-order valence-corrected chi connectivity index (χ3v) is 16.0. The van der Waals surface area contributed by atoms with Crippen LogP contribution in [0.25, 0.3) is 12.2 Å². The Morgan fingerprint density at radius 1 is 0.413 bits per heavy atom. The molecular weight excluding hydrogens is 1300 g/mol. The number of hydrogen-bond donors (Lipinski definition) is 16. The van der Waals surface area contributed by atoms with E-state index in [1.165, 1.54) is 62.4 Å². The Morgan fingerprint density at radius 2 is 0.685 bits per heavy atom. The zero-order chi connectivity index (χ0) is 69.7. The van der Waals surface area contributed by atoms with Gasteiger partial charge < -0.3 is 71.1 Å². The number of hydrazone groups is 2. The summed E-state index contributed by atoms with van der Waals surface area (Å²) in [5.41, 5.74) is 3.96. The van der Waals surface area contributed by atoms with Gasteiger partial charge in [0, 0.05) is 74.9 Å². The number of aliphatic hydroxyl groups is 8. The van der Waals surface area contributed by atoms with Crippen LogP contribution < -0.4 is 21.5 Å². The minimum Gasteiger partial charge on any atom is -0.395 e. The smallest absolute Gasteiger partial charge is 0.323 e. The van der Waals surface area contributed by atoms with Crippen molar-refractivity contribution in [1.29, 1.82) is 0 Å². The van der Waals surface area contributed by atoms with Crippen molar-refractivity contribution in [3.8, 4) is 0 Å². The first-order valence-electron chi connectivity index (χ1n) is 27.3. The average molecular weight is 1380 g/mol. The fraction of sp³-hybridized carbons (Fsp3) is 0.400. The maximum Gasteiger partial charge on any atom is 0.323 e. The van der Waals surface area contributed by atoms with E-state index in [2.05, 4.69) is 31.7 Å². The molecule has 0 atom stereocenters. The minimum absolute atomic E-state index is 0.0240. The van der Waals surface area contributed by atoms with Crippen molar-refractivity contribution in [2.75, 3.05) is 155 Å². The fourth-order valence-electron chi connectivity index (χ4n) is 7.62. The molecule has 0 aliphatic heterocycles. The summed E-state index contributed by atoms with van der Waals surface area (Å²) in [6.45, 7) is 9.31. The molecule has 512 valence electrons. The van der Waals surface area contributed by atoms with Crippen molar-refractivity contribution >= 4 is 104 Å². The van der Waals surface area contributed by atoms with Crippen LogP contribution in [-0.4, -0.2) is 275 Å². The minimum atomic E-state index is -5.08. The normalized spacial score (nSPS) is 13.9. The van der Waals surface area contributed by atoms with Crippen molar-refractivity contribution in [2.24, 2.45) is 10.2 Å². The number of aliphatic hydroxyl groups excluding tert-OH is 8. The van der Waals surface area contributed by atoms with Crippen molar-refractivity contribution in [3.63, 3.8) is 0 Å². The third-order valence-electron chi connectivity index (χ3n) is 12.6. The summed E-state index contributed by atoms with van der Waals surface area (Å²) < 4.78 is 134. The Balaban J connectivity index is 0.000000733. The van der Waals surface area contributed by atoms with Gasteiger partial charge in [0.2, 0.25) is 11.6 Å². The average Bonchev–Trinajstić information content (AvgIpc) is 0.786. The van der Waals surface area contributed by atoms with E-state index < -0.39 is 89.1 Å². The van der Waals surface area contributed by atoms with Crippen LogP contribution in [0.4, 0.5) is 27.5 Å². The Morgan fingerprint density at radius 3 is 0.913 bits per heavy atom. The number of carbonyl (C=O) groups is 3. The van der Waals surface area contributed by atoms with Gasteiger partial charge in [-0.25, -0.2) is 4.79 Å². The molecule has 2 aliphatic rings. The van der Waals surface area contributed by atoms with E-state index in [-0.39, 0.29) is 109 Å². The molecule has 0 unspecified atom stereocenters. The second-order valence-electron chi connectivity index (χ2n) is 19.9. The van der Waals surface area contributed by atoms with Gasteiger partial charge in [0.15, 0.2) is 11.4 Å². The molecule has 0 fully saturated rings. The van der Waals surface area contributed by atoms with Crippen molar-refractivity contribution in [3.05, 3.63) is 116 Å². The number of rotatable bonds is 26. The molecule has 0 radical (unpaired) electrons. The van der Waals surface area contributed by atoms with E-state index in [9.17, 15) is 66.3 Å². The largest absolute Gasteiger partial charge is 0.395 e. The highest BCUT2D eigenvalue weighted by Crippen LogP contribution is 2.31. The molecule has 2 aliphatic carbocycles. The van der Waals surface area contributed by atoms with Crippen LogP contribution in [0, 0.1) is 13.8 Å². The molecule has 92 heavy (non-hydrogen) atoms. The molecule has 37 heteroatoms. The van der Waals surface area contributed by atoms with Gasteiger partial charge in [-0.2, -0.15) is 43.9 Å². The number of ketones is 2. The number of Topliss-reactive ketones (excluding diaryl/α,β-unsaturated/α-hetero) is 2. The second-order valence-corrected chi connectivity index (χ2v) is 25.5. The molecule has 6 rings (SSSR count). The molecule has 2 amide bonds. The number of aryl methyl sites for hydroxylation is 2. The lowest BCUT2D eigenvalue weighted by atomic mass is 9.94. The van der Waals surface area contributed by atoms with Crippen LogP contribution in [0.3, 0.4) is 0 Å². The number of allylic oxidation sites excluding steroid dienone is 2. The molecule has 0 heterocycles. The van der Waals surface area contributed by atoms with Gasteiger partial charge >= 0.3 is 6.03 Å². The predicted octanol–water partition coefficient (Wildman–Crippen LogP) is -0.162. The van der Waals surface area contributed by atoms with Gasteiger partial charge in [-0.1, -0.05) is 0 Å². The second kappa shape index (κ2) is 38.9. The number of nitrogens with zero attached hydrogens (tertiary/aromatic N) is 6. The van der Waals surface area contributed by atoms with Crippen LogP contribution in [0.15, 0.2) is 103 Å². The number of nitrogens with one attached hydrogen (secondary N) is 4. The van der Waals surface area contributed by atoms with E-state index >= 15 is 0 Å². The zero-order valence-corrected chi connectivity index (χ0v) is 54.3. The van der Waals surface area contributed by atoms with E-state index in [4.69, 9.17) is 40.9 Å². The number of fused-ring (bicyclic) bond motifs is 2. The molecular formula is C55H80N10O23S4. The first kappa shape index (κ1) is 81.2. The van der Waals surface area contributed by atoms with Crippen LogP contribution in [0.5, 0.6) is 0 Å². The highest BCUT2D eigenvalue weighted by atomic mass is 32.2. The summed E-state index contributed by atoms with van der Waals surface area (Å²) in [5.74, 6) is -1.91. The summed E-state index contributed by atoms with van der Waals surface area (Å²) in [5, 5.41) is 79.4. The number of hydrogen-bond acceptors (Lipinski definition) is 27. The van der Waals surface area contributed by atoms with E-state index in [1.54, 1.807) is 0 Å². The van der Waals surface area contributed by atoms with Gasteiger partial charge in [-0.15, -0.1) is 0 Å². The Hall–Kier alpha value is -6.93. The quantitative estimate of drug-likeness (QED) is 0.0287. The van der Waals surface area contributed by atoms with E-state index in [1.807, 2.05) is 47.8 Å². The lowest BCUT2D eigenvalue weighted by Crippen LogP contribution is -2.27. The van der Waals surface area contributed by atoms with E-state index in [0.717, 1.165) is 36.4 Å². The molecule has 33 nitrogen and oxygen atoms in total. The molecule has 0 bridgehead atoms. The summed E-state index contributed by atoms with van der Waals surface area (Å²) in [6.07, 6.45) is 1.86. The summed E-state index contributed by atoms with van der Waals surface area (Å²) in [7, 11) is -11.8. The van der Waals surface area contributed by atoms with Crippen LogP contribution >= 0.6 is 0 Å². The SMILES string of the molecule is CN(CCO)CCO.CN(CCO)CCO.CN(CCO)CCO.CN(CCO)CCO.Cc1cc(S(=O)(=O)O)ccc1N/N=C1\C(=O)c2ccc(NC(=O)Nc3ccc4c(c3)C=C(S(=O)(=O)O)/C(=N/Nc3ccc(S(=O)(=O)O)cc3C)C4=O)cc2C=C1S(=O)(=O)O. The molecule has 0 saturated carbocycles. The third kappa shape index (κ3) is 27.3. The summed E-state index contributed by atoms with van der Waals surface area (Å²) >= 11 is 0. The monoisotopic (exact) mass is 1380 g/mol. The lowest BCUT2D eigenvalue weighted by Gasteiger charge is -2.18. The maximum atomic E-state index is 13.4. The Kier molecular flexibility index (Phi) is 34.3. The van der Waals surface area contributed by atoms with E-state index in [0.29, 0.717) is 52.4 Å². The van der Waals surface area contributed by atoms with Crippen LogP contribution in [0.1, 0.15) is 43.0 Å². The molecule has 0 saturated heterocycles. The van der Waals surface area contributed by atoms with Crippen molar-refractivity contribution < 1.29 is 107 Å². The Bertz CT molecular complexity index is 3450. The zero-order valence-electron chi connectivity index (χ0n) is 51.1.